The van der Waals surface area contributed by atoms with Gasteiger partial charge in [0.25, 0.3) is 0 Å². The number of allylic oxidation sites excluding steroid dienone is 2. The van der Waals surface area contributed by atoms with E-state index in [2.05, 4.69) is 15.9 Å². The first-order chi connectivity index (χ1) is 7.15. The molecule has 0 saturated carbocycles. The van der Waals surface area contributed by atoms with Gasteiger partial charge in [0.2, 0.25) is 0 Å². The van der Waals surface area contributed by atoms with Crippen LogP contribution in [0.3, 0.4) is 0 Å². The normalized spacial score (nSPS) is 15.1. The molecule has 0 radical (unpaired) electrons. The molecule has 0 amide bonds. The van der Waals surface area contributed by atoms with E-state index in [-0.39, 0.29) is 11.1 Å². The molecule has 4 heteroatoms. The lowest BCUT2D eigenvalue weighted by Crippen LogP contribution is -2.07. The summed E-state index contributed by atoms with van der Waals surface area (Å²) in [7, 11) is 0. The van der Waals surface area contributed by atoms with E-state index in [4.69, 9.17) is 0 Å². The van der Waals surface area contributed by atoms with Crippen molar-refractivity contribution in [3.63, 3.8) is 0 Å². The maximum Gasteiger partial charge on any atom is 0.167 e. The summed E-state index contributed by atoms with van der Waals surface area (Å²) in [6, 6.07) is 2.62. The minimum absolute atomic E-state index is 0.100. The van der Waals surface area contributed by atoms with Crippen molar-refractivity contribution in [3.05, 3.63) is 39.4 Å². The van der Waals surface area contributed by atoms with Gasteiger partial charge in [0.1, 0.15) is 0 Å². The van der Waals surface area contributed by atoms with Crippen LogP contribution in [0.2, 0.25) is 0 Å². The van der Waals surface area contributed by atoms with Crippen LogP contribution in [0.5, 0.6) is 0 Å². The molecule has 0 spiro atoms. The molecule has 0 heterocycles. The summed E-state index contributed by atoms with van der Waals surface area (Å²) < 4.78 is 27.2. The van der Waals surface area contributed by atoms with Crippen LogP contribution in [0, 0.1) is 11.6 Å². The van der Waals surface area contributed by atoms with E-state index in [1.54, 1.807) is 0 Å². The summed E-state index contributed by atoms with van der Waals surface area (Å²) in [5.41, 5.74) is 0.996. The third kappa shape index (κ3) is 1.63. The van der Waals surface area contributed by atoms with Gasteiger partial charge < -0.3 is 0 Å². The Morgan fingerprint density at radius 1 is 1.27 bits per heavy atom. The Hall–Kier alpha value is -1.03. The van der Waals surface area contributed by atoms with Gasteiger partial charge in [0, 0.05) is 15.6 Å². The van der Waals surface area contributed by atoms with Crippen molar-refractivity contribution in [2.24, 2.45) is 0 Å². The van der Waals surface area contributed by atoms with Crippen LogP contribution >= 0.6 is 15.9 Å². The van der Waals surface area contributed by atoms with Crippen molar-refractivity contribution in [3.8, 4) is 0 Å². The number of benzene rings is 1. The number of hydrogen-bond acceptors (Lipinski definition) is 1. The van der Waals surface area contributed by atoms with Crippen molar-refractivity contribution in [2.45, 2.75) is 12.8 Å². The molecule has 2 rings (SSSR count). The topological polar surface area (TPSA) is 17.1 Å². The zero-order valence-electron chi connectivity index (χ0n) is 7.69. The van der Waals surface area contributed by atoms with E-state index in [1.807, 2.05) is 0 Å². The highest BCUT2D eigenvalue weighted by atomic mass is 79.9. The van der Waals surface area contributed by atoms with E-state index in [1.165, 1.54) is 6.07 Å². The van der Waals surface area contributed by atoms with Crippen molar-refractivity contribution >= 4 is 27.8 Å². The summed E-state index contributed by atoms with van der Waals surface area (Å²) >= 11 is 3.20. The predicted octanol–water partition coefficient (Wildman–Crippen LogP) is 3.22. The molecule has 0 saturated heterocycles. The Morgan fingerprint density at radius 2 is 2.00 bits per heavy atom. The molecule has 1 aliphatic rings. The summed E-state index contributed by atoms with van der Waals surface area (Å²) in [5.74, 6) is -1.86. The SMILES string of the molecule is O=CC1=C(Br)CCc2ccc(F)c(F)c21. The van der Waals surface area contributed by atoms with Gasteiger partial charge in [-0.3, -0.25) is 4.79 Å². The van der Waals surface area contributed by atoms with Crippen molar-refractivity contribution in [1.82, 2.24) is 0 Å². The largest absolute Gasteiger partial charge is 0.298 e. The smallest absolute Gasteiger partial charge is 0.167 e. The van der Waals surface area contributed by atoms with Crippen LogP contribution in [-0.2, 0) is 11.2 Å². The summed E-state index contributed by atoms with van der Waals surface area (Å²) in [6.07, 6.45) is 1.82. The van der Waals surface area contributed by atoms with Crippen LogP contribution in [0.15, 0.2) is 16.6 Å². The highest BCUT2D eigenvalue weighted by Gasteiger charge is 2.22. The number of fused-ring (bicyclic) bond motifs is 1. The standard InChI is InChI=1S/C11H7BrF2O/c12-8-3-1-6-2-4-9(13)11(14)10(6)7(8)5-15/h2,4-5H,1,3H2. The molecule has 0 N–H and O–H groups in total. The molecular formula is C11H7BrF2O. The number of hydrogen-bond donors (Lipinski definition) is 0. The lowest BCUT2D eigenvalue weighted by Gasteiger charge is -2.17. The van der Waals surface area contributed by atoms with Gasteiger partial charge in [-0.2, -0.15) is 0 Å². The molecular weight excluding hydrogens is 266 g/mol. The first-order valence-electron chi connectivity index (χ1n) is 4.46. The van der Waals surface area contributed by atoms with Crippen LogP contribution in [0.1, 0.15) is 17.5 Å². The maximum absolute atomic E-state index is 13.5. The lowest BCUT2D eigenvalue weighted by molar-refractivity contribution is -0.103. The first-order valence-corrected chi connectivity index (χ1v) is 5.25. The van der Waals surface area contributed by atoms with Gasteiger partial charge in [0.05, 0.1) is 0 Å². The van der Waals surface area contributed by atoms with Crippen LogP contribution < -0.4 is 0 Å². The highest BCUT2D eigenvalue weighted by molar-refractivity contribution is 9.11. The number of carbonyl (C=O) groups is 1. The number of aryl methyl sites for hydroxylation is 1. The van der Waals surface area contributed by atoms with Crippen molar-refractivity contribution in [1.29, 1.82) is 0 Å². The summed E-state index contributed by atoms with van der Waals surface area (Å²) in [4.78, 5) is 10.8. The van der Waals surface area contributed by atoms with Gasteiger partial charge in [-0.15, -0.1) is 0 Å². The van der Waals surface area contributed by atoms with Crippen LogP contribution in [-0.4, -0.2) is 6.29 Å². The molecule has 0 aromatic heterocycles. The molecule has 0 atom stereocenters. The van der Waals surface area contributed by atoms with E-state index >= 15 is 0 Å². The van der Waals surface area contributed by atoms with Gasteiger partial charge >= 0.3 is 0 Å². The zero-order chi connectivity index (χ0) is 11.0. The first kappa shape index (κ1) is 10.5. The van der Waals surface area contributed by atoms with Crippen LogP contribution in [0.25, 0.3) is 5.57 Å². The molecule has 15 heavy (non-hydrogen) atoms. The number of rotatable bonds is 1. The van der Waals surface area contributed by atoms with E-state index in [0.29, 0.717) is 29.2 Å². The Labute approximate surface area is 93.9 Å². The van der Waals surface area contributed by atoms with E-state index < -0.39 is 11.6 Å². The highest BCUT2D eigenvalue weighted by Crippen LogP contribution is 2.35. The summed E-state index contributed by atoms with van der Waals surface area (Å²) in [5, 5.41) is 0. The zero-order valence-corrected chi connectivity index (χ0v) is 9.27. The fraction of sp³-hybridized carbons (Fsp3) is 0.182. The van der Waals surface area contributed by atoms with Gasteiger partial charge in [-0.1, -0.05) is 22.0 Å². The average molecular weight is 273 g/mol. The second-order valence-corrected chi connectivity index (χ2v) is 4.29. The number of carbonyl (C=O) groups excluding carboxylic acids is 1. The minimum atomic E-state index is -0.939. The van der Waals surface area contributed by atoms with E-state index in [0.717, 1.165) is 6.07 Å². The molecule has 78 valence electrons. The second-order valence-electron chi connectivity index (χ2n) is 3.33. The molecule has 1 aromatic carbocycles. The third-order valence-corrected chi connectivity index (χ3v) is 3.30. The Kier molecular flexibility index (Phi) is 2.69. The Balaban J connectivity index is 2.74. The predicted molar refractivity (Wildman–Crippen MR) is 56.6 cm³/mol. The van der Waals surface area contributed by atoms with Crippen LogP contribution in [0.4, 0.5) is 8.78 Å². The lowest BCUT2D eigenvalue weighted by atomic mass is 9.91. The molecule has 0 fully saturated rings. The molecule has 1 aromatic rings. The maximum atomic E-state index is 13.5. The molecule has 0 unspecified atom stereocenters. The van der Waals surface area contributed by atoms with Gasteiger partial charge in [-0.05, 0) is 24.5 Å². The van der Waals surface area contributed by atoms with Gasteiger partial charge in [0.15, 0.2) is 17.9 Å². The Morgan fingerprint density at radius 3 is 2.67 bits per heavy atom. The number of aldehydes is 1. The Bertz CT molecular complexity index is 466. The molecule has 0 aliphatic heterocycles. The quantitative estimate of drug-likeness (QED) is 0.718. The third-order valence-electron chi connectivity index (χ3n) is 2.47. The minimum Gasteiger partial charge on any atom is -0.298 e. The van der Waals surface area contributed by atoms with Crippen molar-refractivity contribution < 1.29 is 13.6 Å². The number of halogens is 3. The monoisotopic (exact) mass is 272 g/mol. The summed E-state index contributed by atoms with van der Waals surface area (Å²) in [6.45, 7) is 0. The fourth-order valence-corrected chi connectivity index (χ4v) is 2.22. The second kappa shape index (κ2) is 3.85. The molecule has 1 aliphatic carbocycles. The van der Waals surface area contributed by atoms with E-state index in [9.17, 15) is 13.6 Å². The van der Waals surface area contributed by atoms with Crippen molar-refractivity contribution in [2.75, 3.05) is 0 Å². The van der Waals surface area contributed by atoms with Gasteiger partial charge in [-0.25, -0.2) is 8.78 Å². The molecule has 0 bridgehead atoms. The fourth-order valence-electron chi connectivity index (χ4n) is 1.73. The molecule has 1 nitrogen and oxygen atoms in total. The average Bonchev–Trinajstić information content (AvgIpc) is 2.24.